The molecule has 3 N–H and O–H groups in total. The first-order valence-electron chi connectivity index (χ1n) is 5.44. The van der Waals surface area contributed by atoms with E-state index in [0.717, 1.165) is 0 Å². The van der Waals surface area contributed by atoms with Gasteiger partial charge in [-0.25, -0.2) is 0 Å². The van der Waals surface area contributed by atoms with E-state index in [9.17, 15) is 8.42 Å². The van der Waals surface area contributed by atoms with Crippen LogP contribution in [0.5, 0.6) is 11.5 Å². The summed E-state index contributed by atoms with van der Waals surface area (Å²) in [5.74, 6) is 0.919. The number of ether oxygens (including phenoxy) is 2. The quantitative estimate of drug-likeness (QED) is 0.442. The highest BCUT2D eigenvalue weighted by molar-refractivity contribution is 7.85. The van der Waals surface area contributed by atoms with Gasteiger partial charge < -0.3 is 15.2 Å². The highest BCUT2D eigenvalue weighted by Gasteiger charge is 2.05. The molecule has 0 heterocycles. The lowest BCUT2D eigenvalue weighted by Gasteiger charge is -2.09. The van der Waals surface area contributed by atoms with Gasteiger partial charge >= 0.3 is 0 Å². The molecule has 7 heteroatoms. The smallest absolute Gasteiger partial charge is 0.264 e. The van der Waals surface area contributed by atoms with Crippen LogP contribution in [0.1, 0.15) is 12.8 Å². The van der Waals surface area contributed by atoms with Crippen LogP contribution in [-0.4, -0.2) is 32.4 Å². The molecular formula is C11H17NO5S. The maximum atomic E-state index is 10.5. The minimum absolute atomic E-state index is 0.256. The highest BCUT2D eigenvalue weighted by atomic mass is 32.2. The molecule has 0 aliphatic rings. The second-order valence-corrected chi connectivity index (χ2v) is 5.32. The molecule has 1 aromatic rings. The van der Waals surface area contributed by atoms with Gasteiger partial charge in [0.1, 0.15) is 11.5 Å². The van der Waals surface area contributed by atoms with Crippen molar-refractivity contribution in [3.05, 3.63) is 18.2 Å². The number of nitrogen functional groups attached to an aromatic ring is 1. The van der Waals surface area contributed by atoms with E-state index in [0.29, 0.717) is 36.6 Å². The Balaban J connectivity index is 2.36. The zero-order chi connectivity index (χ0) is 13.6. The van der Waals surface area contributed by atoms with Crippen molar-refractivity contribution in [2.75, 3.05) is 25.2 Å². The fourth-order valence-electron chi connectivity index (χ4n) is 1.35. The van der Waals surface area contributed by atoms with E-state index >= 15 is 0 Å². The first-order valence-corrected chi connectivity index (χ1v) is 7.05. The minimum Gasteiger partial charge on any atom is -0.497 e. The zero-order valence-corrected chi connectivity index (χ0v) is 10.9. The van der Waals surface area contributed by atoms with Crippen molar-refractivity contribution in [2.45, 2.75) is 12.8 Å². The summed E-state index contributed by atoms with van der Waals surface area (Å²) in [5, 5.41) is 0. The molecule has 18 heavy (non-hydrogen) atoms. The molecule has 0 aliphatic carbocycles. The third-order valence-electron chi connectivity index (χ3n) is 2.27. The molecule has 1 rings (SSSR count). The Hall–Kier alpha value is -1.47. The predicted octanol–water partition coefficient (Wildman–Crippen LogP) is 1.32. The maximum absolute atomic E-state index is 10.5. The molecule has 0 amide bonds. The average Bonchev–Trinajstić information content (AvgIpc) is 2.29. The Kier molecular flexibility index (Phi) is 5.24. The summed E-state index contributed by atoms with van der Waals surface area (Å²) >= 11 is 0. The number of benzene rings is 1. The number of rotatable bonds is 7. The van der Waals surface area contributed by atoms with E-state index in [1.54, 1.807) is 25.3 Å². The van der Waals surface area contributed by atoms with Gasteiger partial charge in [0.05, 0.1) is 25.2 Å². The Morgan fingerprint density at radius 1 is 1.33 bits per heavy atom. The van der Waals surface area contributed by atoms with Crippen LogP contribution in [-0.2, 0) is 10.1 Å². The average molecular weight is 275 g/mol. The van der Waals surface area contributed by atoms with Gasteiger partial charge in [-0.3, -0.25) is 4.55 Å². The lowest BCUT2D eigenvalue weighted by atomic mass is 10.3. The van der Waals surface area contributed by atoms with Crippen molar-refractivity contribution in [2.24, 2.45) is 0 Å². The van der Waals surface area contributed by atoms with Gasteiger partial charge in [-0.05, 0) is 25.0 Å². The Morgan fingerprint density at radius 3 is 2.61 bits per heavy atom. The number of nitrogens with two attached hydrogens (primary N) is 1. The van der Waals surface area contributed by atoms with Crippen LogP contribution < -0.4 is 15.2 Å². The van der Waals surface area contributed by atoms with Crippen LogP contribution in [0, 0.1) is 0 Å². The third kappa shape index (κ3) is 5.24. The monoisotopic (exact) mass is 275 g/mol. The standard InChI is InChI=1S/C11H17NO5S/c1-16-9-4-5-11(10(12)8-9)17-6-2-3-7-18(13,14)15/h4-5,8H,2-3,6-7,12H2,1H3,(H,13,14,15). The largest absolute Gasteiger partial charge is 0.497 e. The molecule has 0 fully saturated rings. The van der Waals surface area contributed by atoms with Gasteiger partial charge in [0, 0.05) is 6.07 Å². The fourth-order valence-corrected chi connectivity index (χ4v) is 1.92. The van der Waals surface area contributed by atoms with Crippen molar-refractivity contribution in [3.63, 3.8) is 0 Å². The molecule has 6 nitrogen and oxygen atoms in total. The van der Waals surface area contributed by atoms with E-state index < -0.39 is 10.1 Å². The highest BCUT2D eigenvalue weighted by Crippen LogP contribution is 2.26. The molecule has 0 saturated carbocycles. The van der Waals surface area contributed by atoms with Crippen molar-refractivity contribution in [1.82, 2.24) is 0 Å². The van der Waals surface area contributed by atoms with Crippen LogP contribution in [0.15, 0.2) is 18.2 Å². The Bertz CT molecular complexity index is 486. The molecule has 0 spiro atoms. The van der Waals surface area contributed by atoms with Gasteiger partial charge in [0.15, 0.2) is 0 Å². The van der Waals surface area contributed by atoms with Crippen molar-refractivity contribution in [3.8, 4) is 11.5 Å². The summed E-state index contributed by atoms with van der Waals surface area (Å²) in [5.41, 5.74) is 6.20. The molecular weight excluding hydrogens is 258 g/mol. The SMILES string of the molecule is COc1ccc(OCCCCS(=O)(=O)O)c(N)c1. The number of anilines is 1. The molecule has 102 valence electrons. The normalized spacial score (nSPS) is 11.2. The summed E-state index contributed by atoms with van der Waals surface area (Å²) in [6.45, 7) is 0.339. The molecule has 0 bridgehead atoms. The lowest BCUT2D eigenvalue weighted by Crippen LogP contribution is -2.06. The van der Waals surface area contributed by atoms with E-state index in [4.69, 9.17) is 19.8 Å². The maximum Gasteiger partial charge on any atom is 0.264 e. The fraction of sp³-hybridized carbons (Fsp3) is 0.455. The minimum atomic E-state index is -3.88. The second-order valence-electron chi connectivity index (χ2n) is 3.75. The van der Waals surface area contributed by atoms with E-state index in [1.807, 2.05) is 0 Å². The number of methoxy groups -OCH3 is 1. The van der Waals surface area contributed by atoms with Gasteiger partial charge in [0.25, 0.3) is 10.1 Å². The van der Waals surface area contributed by atoms with Crippen LogP contribution >= 0.6 is 0 Å². The second kappa shape index (κ2) is 6.46. The molecule has 0 unspecified atom stereocenters. The number of hydrogen-bond donors (Lipinski definition) is 2. The number of unbranched alkanes of at least 4 members (excludes halogenated alkanes) is 1. The van der Waals surface area contributed by atoms with Crippen molar-refractivity contribution >= 4 is 15.8 Å². The lowest BCUT2D eigenvalue weighted by molar-refractivity contribution is 0.310. The summed E-state index contributed by atoms with van der Waals surface area (Å²) in [6, 6.07) is 5.06. The summed E-state index contributed by atoms with van der Waals surface area (Å²) < 4.78 is 39.9. The van der Waals surface area contributed by atoms with E-state index in [2.05, 4.69) is 0 Å². The summed E-state index contributed by atoms with van der Waals surface area (Å²) in [6.07, 6.45) is 0.861. The molecule has 0 radical (unpaired) electrons. The molecule has 1 aromatic carbocycles. The predicted molar refractivity (Wildman–Crippen MR) is 68.6 cm³/mol. The molecule has 0 atom stereocenters. The summed E-state index contributed by atoms with van der Waals surface area (Å²) in [4.78, 5) is 0. The first-order chi connectivity index (χ1) is 8.42. The molecule has 0 aliphatic heterocycles. The van der Waals surface area contributed by atoms with Crippen LogP contribution in [0.3, 0.4) is 0 Å². The third-order valence-corrected chi connectivity index (χ3v) is 3.08. The van der Waals surface area contributed by atoms with E-state index in [1.165, 1.54) is 0 Å². The van der Waals surface area contributed by atoms with Crippen molar-refractivity contribution in [1.29, 1.82) is 0 Å². The van der Waals surface area contributed by atoms with Crippen LogP contribution in [0.2, 0.25) is 0 Å². The Labute approximate surface area is 106 Å². The van der Waals surface area contributed by atoms with Crippen molar-refractivity contribution < 1.29 is 22.4 Å². The topological polar surface area (TPSA) is 98.8 Å². The van der Waals surface area contributed by atoms with Gasteiger partial charge in [-0.2, -0.15) is 8.42 Å². The van der Waals surface area contributed by atoms with E-state index in [-0.39, 0.29) is 5.75 Å². The van der Waals surface area contributed by atoms with Gasteiger partial charge in [-0.1, -0.05) is 0 Å². The Morgan fingerprint density at radius 2 is 2.06 bits per heavy atom. The number of hydrogen-bond acceptors (Lipinski definition) is 5. The summed E-state index contributed by atoms with van der Waals surface area (Å²) in [7, 11) is -2.34. The zero-order valence-electron chi connectivity index (χ0n) is 10.1. The first kappa shape index (κ1) is 14.6. The van der Waals surface area contributed by atoms with Crippen LogP contribution in [0.25, 0.3) is 0 Å². The van der Waals surface area contributed by atoms with Crippen LogP contribution in [0.4, 0.5) is 5.69 Å². The van der Waals surface area contributed by atoms with Gasteiger partial charge in [0.2, 0.25) is 0 Å². The van der Waals surface area contributed by atoms with Gasteiger partial charge in [-0.15, -0.1) is 0 Å². The molecule has 0 saturated heterocycles. The molecule has 0 aromatic heterocycles.